The van der Waals surface area contributed by atoms with Gasteiger partial charge in [0.25, 0.3) is 0 Å². The van der Waals surface area contributed by atoms with Crippen molar-refractivity contribution < 1.29 is 0 Å². The molecule has 0 amide bonds. The molecule has 2 heteroatoms. The Morgan fingerprint density at radius 1 is 1.42 bits per heavy atom. The maximum absolute atomic E-state index is 5.76. The maximum atomic E-state index is 5.76. The number of rotatable bonds is 3. The Hall–Kier alpha value is -0.0600. The summed E-state index contributed by atoms with van der Waals surface area (Å²) in [5.41, 5.74) is 0. The molecular weight excluding hydrogens is 188 g/mol. The summed E-state index contributed by atoms with van der Waals surface area (Å²) in [5.74, 6) is 3.09. The zero-order chi connectivity index (χ0) is 9.40. The SMILES string of the molecule is CCCCC#CS/C(C)=C(/C)Cl. The average Bonchev–Trinajstić information content (AvgIpc) is 2.03. The molecule has 0 saturated carbocycles. The zero-order valence-corrected chi connectivity index (χ0v) is 9.48. The summed E-state index contributed by atoms with van der Waals surface area (Å²) in [7, 11) is 0. The third-order valence-electron chi connectivity index (χ3n) is 1.42. The summed E-state index contributed by atoms with van der Waals surface area (Å²) in [6.45, 7) is 6.04. The molecule has 0 unspecified atom stereocenters. The molecule has 0 spiro atoms. The minimum atomic E-state index is 0.838. The van der Waals surface area contributed by atoms with Crippen LogP contribution in [0.1, 0.15) is 40.0 Å². The Morgan fingerprint density at radius 3 is 2.58 bits per heavy atom. The van der Waals surface area contributed by atoms with E-state index in [-0.39, 0.29) is 0 Å². The fourth-order valence-electron chi connectivity index (χ4n) is 0.499. The van der Waals surface area contributed by atoms with Gasteiger partial charge in [-0.3, -0.25) is 0 Å². The van der Waals surface area contributed by atoms with Crippen molar-refractivity contribution >= 4 is 23.4 Å². The van der Waals surface area contributed by atoms with Crippen LogP contribution < -0.4 is 0 Å². The van der Waals surface area contributed by atoms with Gasteiger partial charge in [0.1, 0.15) is 0 Å². The van der Waals surface area contributed by atoms with E-state index < -0.39 is 0 Å². The van der Waals surface area contributed by atoms with E-state index in [1.165, 1.54) is 24.6 Å². The molecule has 0 aromatic heterocycles. The Kier molecular flexibility index (Phi) is 7.54. The van der Waals surface area contributed by atoms with Crippen LogP contribution in [0.5, 0.6) is 0 Å². The second-order valence-electron chi connectivity index (χ2n) is 2.57. The van der Waals surface area contributed by atoms with Crippen LogP contribution in [0.3, 0.4) is 0 Å². The molecule has 0 bridgehead atoms. The first-order chi connectivity index (χ1) is 5.68. The quantitative estimate of drug-likeness (QED) is 0.484. The van der Waals surface area contributed by atoms with Crippen LogP contribution in [0.15, 0.2) is 9.94 Å². The van der Waals surface area contributed by atoms with E-state index in [0.29, 0.717) is 0 Å². The molecule has 0 atom stereocenters. The first-order valence-corrected chi connectivity index (χ1v) is 5.35. The Balaban J connectivity index is 3.65. The Morgan fingerprint density at radius 2 is 2.08 bits per heavy atom. The van der Waals surface area contributed by atoms with Crippen LogP contribution >= 0.6 is 23.4 Å². The molecule has 0 fully saturated rings. The van der Waals surface area contributed by atoms with Crippen LogP contribution in [0.25, 0.3) is 0 Å². The number of unbranched alkanes of at least 4 members (excludes halogenated alkanes) is 2. The highest BCUT2D eigenvalue weighted by Gasteiger charge is 1.90. The van der Waals surface area contributed by atoms with E-state index in [2.05, 4.69) is 18.1 Å². The minimum Gasteiger partial charge on any atom is -0.0909 e. The van der Waals surface area contributed by atoms with Gasteiger partial charge in [0.05, 0.1) is 0 Å². The van der Waals surface area contributed by atoms with Gasteiger partial charge >= 0.3 is 0 Å². The van der Waals surface area contributed by atoms with Crippen molar-refractivity contribution in [1.82, 2.24) is 0 Å². The van der Waals surface area contributed by atoms with Crippen LogP contribution in [-0.4, -0.2) is 0 Å². The van der Waals surface area contributed by atoms with E-state index in [0.717, 1.165) is 16.4 Å². The first-order valence-electron chi connectivity index (χ1n) is 4.16. The molecule has 0 saturated heterocycles. The molecule has 0 nitrogen and oxygen atoms in total. The molecule has 0 aliphatic heterocycles. The number of halogens is 1. The highest BCUT2D eigenvalue weighted by molar-refractivity contribution is 8.07. The molecule has 0 N–H and O–H groups in total. The van der Waals surface area contributed by atoms with Gasteiger partial charge in [0, 0.05) is 16.4 Å². The lowest BCUT2D eigenvalue weighted by Crippen LogP contribution is -1.68. The van der Waals surface area contributed by atoms with Crippen LogP contribution in [0, 0.1) is 11.2 Å². The van der Waals surface area contributed by atoms with Crippen molar-refractivity contribution in [1.29, 1.82) is 0 Å². The molecule has 12 heavy (non-hydrogen) atoms. The monoisotopic (exact) mass is 202 g/mol. The fourth-order valence-corrected chi connectivity index (χ4v) is 1.08. The van der Waals surface area contributed by atoms with Crippen molar-refractivity contribution in [3.8, 4) is 11.2 Å². The molecule has 68 valence electrons. The smallest absolute Gasteiger partial charge is 0.0251 e. The molecule has 0 radical (unpaired) electrons. The maximum Gasteiger partial charge on any atom is 0.0251 e. The van der Waals surface area contributed by atoms with Gasteiger partial charge in [0.2, 0.25) is 0 Å². The van der Waals surface area contributed by atoms with Crippen molar-refractivity contribution in [2.24, 2.45) is 0 Å². The lowest BCUT2D eigenvalue weighted by atomic mass is 10.3. The lowest BCUT2D eigenvalue weighted by Gasteiger charge is -1.92. The second kappa shape index (κ2) is 7.58. The van der Waals surface area contributed by atoms with E-state index >= 15 is 0 Å². The summed E-state index contributed by atoms with van der Waals surface area (Å²) in [5, 5.41) is 3.86. The van der Waals surface area contributed by atoms with E-state index in [1.807, 2.05) is 13.8 Å². The number of allylic oxidation sites excluding steroid dienone is 2. The fraction of sp³-hybridized carbons (Fsp3) is 0.600. The summed E-state index contributed by atoms with van der Waals surface area (Å²) in [6, 6.07) is 0. The van der Waals surface area contributed by atoms with Gasteiger partial charge in [-0.1, -0.05) is 30.9 Å². The van der Waals surface area contributed by atoms with Crippen LogP contribution in [-0.2, 0) is 0 Å². The standard InChI is InChI=1S/C10H15ClS/c1-4-5-6-7-8-12-10(3)9(2)11/h4-6H2,1-3H3/b10-9-. The second-order valence-corrected chi connectivity index (χ2v) is 4.16. The summed E-state index contributed by atoms with van der Waals surface area (Å²) >= 11 is 7.28. The lowest BCUT2D eigenvalue weighted by molar-refractivity contribution is 0.828. The first kappa shape index (κ1) is 11.9. The number of thioether (sulfide) groups is 1. The largest absolute Gasteiger partial charge is 0.0909 e. The third kappa shape index (κ3) is 6.64. The van der Waals surface area contributed by atoms with E-state index in [4.69, 9.17) is 11.6 Å². The topological polar surface area (TPSA) is 0 Å². The summed E-state index contributed by atoms with van der Waals surface area (Å²) < 4.78 is 0. The highest BCUT2D eigenvalue weighted by atomic mass is 35.5. The van der Waals surface area contributed by atoms with Crippen molar-refractivity contribution in [2.75, 3.05) is 0 Å². The van der Waals surface area contributed by atoms with Gasteiger partial charge < -0.3 is 0 Å². The normalized spacial score (nSPS) is 11.7. The van der Waals surface area contributed by atoms with Crippen LogP contribution in [0.2, 0.25) is 0 Å². The van der Waals surface area contributed by atoms with E-state index in [9.17, 15) is 0 Å². The predicted octanol–water partition coefficient (Wildman–Crippen LogP) is 4.36. The average molecular weight is 203 g/mol. The number of hydrogen-bond donors (Lipinski definition) is 0. The third-order valence-corrected chi connectivity index (χ3v) is 2.67. The Bertz CT molecular complexity index is 204. The molecule has 0 heterocycles. The molecule has 0 aliphatic carbocycles. The molecular formula is C10H15ClS. The van der Waals surface area contributed by atoms with E-state index in [1.54, 1.807) is 0 Å². The highest BCUT2D eigenvalue weighted by Crippen LogP contribution is 2.19. The molecule has 0 aromatic rings. The summed E-state index contributed by atoms with van der Waals surface area (Å²) in [6.07, 6.45) is 3.40. The van der Waals surface area contributed by atoms with Crippen molar-refractivity contribution in [3.05, 3.63) is 9.94 Å². The van der Waals surface area contributed by atoms with Gasteiger partial charge in [-0.25, -0.2) is 0 Å². The van der Waals surface area contributed by atoms with Crippen LogP contribution in [0.4, 0.5) is 0 Å². The Labute approximate surface area is 84.8 Å². The summed E-state index contributed by atoms with van der Waals surface area (Å²) in [4.78, 5) is 1.10. The van der Waals surface area contributed by atoms with Crippen molar-refractivity contribution in [2.45, 2.75) is 40.0 Å². The zero-order valence-electron chi connectivity index (χ0n) is 7.91. The molecule has 0 rings (SSSR count). The van der Waals surface area contributed by atoms with Gasteiger partial charge in [-0.05, 0) is 37.3 Å². The predicted molar refractivity (Wildman–Crippen MR) is 59.1 cm³/mol. The minimum absolute atomic E-state index is 0.838. The molecule has 0 aliphatic rings. The van der Waals surface area contributed by atoms with Gasteiger partial charge in [0.15, 0.2) is 0 Å². The molecule has 0 aromatic carbocycles. The number of hydrogen-bond acceptors (Lipinski definition) is 1. The van der Waals surface area contributed by atoms with Gasteiger partial charge in [-0.2, -0.15) is 0 Å². The van der Waals surface area contributed by atoms with Gasteiger partial charge in [-0.15, -0.1) is 0 Å². The van der Waals surface area contributed by atoms with Crippen molar-refractivity contribution in [3.63, 3.8) is 0 Å².